The van der Waals surface area contributed by atoms with Crippen molar-refractivity contribution in [1.82, 2.24) is 15.1 Å². The minimum absolute atomic E-state index is 0. The van der Waals surface area contributed by atoms with Crippen LogP contribution in [0, 0.1) is 0 Å². The van der Waals surface area contributed by atoms with Crippen LogP contribution in [0.25, 0.3) is 0 Å². The number of hydrogen-bond donors (Lipinski definition) is 1. The third-order valence-corrected chi connectivity index (χ3v) is 4.12. The first-order valence-electron chi connectivity index (χ1n) is 7.52. The molecule has 0 spiro atoms. The third-order valence-electron chi connectivity index (χ3n) is 4.12. The van der Waals surface area contributed by atoms with E-state index in [0.29, 0.717) is 19.1 Å². The summed E-state index contributed by atoms with van der Waals surface area (Å²) in [4.78, 5) is 16.7. The fraction of sp³-hybridized carbons (Fsp3) is 0.929. The summed E-state index contributed by atoms with van der Waals surface area (Å²) in [6.07, 6.45) is 0.546. The summed E-state index contributed by atoms with van der Waals surface area (Å²) >= 11 is 0. The molecule has 1 N–H and O–H groups in total. The third kappa shape index (κ3) is 6.56. The first-order valence-corrected chi connectivity index (χ1v) is 7.52. The first-order chi connectivity index (χ1) is 9.70. The van der Waals surface area contributed by atoms with Gasteiger partial charge in [-0.05, 0) is 6.92 Å². The van der Waals surface area contributed by atoms with Crippen molar-refractivity contribution in [2.45, 2.75) is 25.4 Å². The van der Waals surface area contributed by atoms with E-state index >= 15 is 0 Å². The highest BCUT2D eigenvalue weighted by Gasteiger charge is 2.28. The number of carbonyl (C=O) groups excluding carboxylic acids is 1. The van der Waals surface area contributed by atoms with E-state index in [-0.39, 0.29) is 36.8 Å². The van der Waals surface area contributed by atoms with Crippen molar-refractivity contribution in [3.05, 3.63) is 0 Å². The number of rotatable bonds is 5. The predicted molar refractivity (Wildman–Crippen MR) is 91.2 cm³/mol. The minimum atomic E-state index is 0. The van der Waals surface area contributed by atoms with Crippen LogP contribution in [-0.2, 0) is 14.3 Å². The maximum Gasteiger partial charge on any atom is 0.224 e. The number of methoxy groups -OCH3 is 1. The molecule has 6 nitrogen and oxygen atoms in total. The Morgan fingerprint density at radius 2 is 2.14 bits per heavy atom. The second-order valence-corrected chi connectivity index (χ2v) is 5.65. The fourth-order valence-electron chi connectivity index (χ4n) is 2.85. The van der Waals surface area contributed by atoms with Crippen LogP contribution in [0.2, 0.25) is 0 Å². The molecule has 0 aromatic heterocycles. The van der Waals surface area contributed by atoms with E-state index in [2.05, 4.69) is 17.1 Å². The van der Waals surface area contributed by atoms with Crippen LogP contribution < -0.4 is 5.32 Å². The van der Waals surface area contributed by atoms with Crippen molar-refractivity contribution in [2.75, 3.05) is 59.7 Å². The highest BCUT2D eigenvalue weighted by Crippen LogP contribution is 2.11. The number of morpholine rings is 1. The molecule has 2 saturated heterocycles. The molecular formula is C14H29Cl2N3O3. The Morgan fingerprint density at radius 1 is 1.36 bits per heavy atom. The summed E-state index contributed by atoms with van der Waals surface area (Å²) in [5, 5.41) is 3.34. The van der Waals surface area contributed by atoms with Crippen molar-refractivity contribution in [3.63, 3.8) is 0 Å². The van der Waals surface area contributed by atoms with Gasteiger partial charge in [0.2, 0.25) is 5.91 Å². The number of ether oxygens (including phenoxy) is 2. The Labute approximate surface area is 145 Å². The molecule has 2 rings (SSSR count). The fourth-order valence-corrected chi connectivity index (χ4v) is 2.85. The van der Waals surface area contributed by atoms with E-state index in [0.717, 1.165) is 45.9 Å². The van der Waals surface area contributed by atoms with E-state index in [1.54, 1.807) is 7.11 Å². The molecular weight excluding hydrogens is 329 g/mol. The van der Waals surface area contributed by atoms with Crippen LogP contribution in [-0.4, -0.2) is 87.4 Å². The molecule has 2 fully saturated rings. The number of halogens is 2. The van der Waals surface area contributed by atoms with Crippen molar-refractivity contribution >= 4 is 30.7 Å². The summed E-state index contributed by atoms with van der Waals surface area (Å²) in [6.45, 7) is 8.69. The SMILES string of the molecule is COCCN1CCN(C(=O)CC2COCCN2)CC1C.Cl.Cl. The maximum absolute atomic E-state index is 12.3. The van der Waals surface area contributed by atoms with Crippen LogP contribution in [0.4, 0.5) is 0 Å². The Hall–Kier alpha value is -0.110. The molecule has 2 aliphatic rings. The molecule has 2 aliphatic heterocycles. The Morgan fingerprint density at radius 3 is 2.73 bits per heavy atom. The highest BCUT2D eigenvalue weighted by atomic mass is 35.5. The van der Waals surface area contributed by atoms with E-state index < -0.39 is 0 Å². The number of hydrogen-bond acceptors (Lipinski definition) is 5. The number of piperazine rings is 1. The molecule has 132 valence electrons. The van der Waals surface area contributed by atoms with Crippen LogP contribution in [0.1, 0.15) is 13.3 Å². The molecule has 0 bridgehead atoms. The van der Waals surface area contributed by atoms with Crippen molar-refractivity contribution < 1.29 is 14.3 Å². The first kappa shape index (κ1) is 21.9. The molecule has 0 aromatic rings. The predicted octanol–water partition coefficient (Wildman–Crippen LogP) is 0.388. The van der Waals surface area contributed by atoms with Gasteiger partial charge in [-0.1, -0.05) is 0 Å². The normalized spacial score (nSPS) is 26.0. The Bertz CT molecular complexity index is 318. The zero-order chi connectivity index (χ0) is 14.4. The second kappa shape index (κ2) is 11.4. The number of carbonyl (C=O) groups is 1. The summed E-state index contributed by atoms with van der Waals surface area (Å²) in [6, 6.07) is 0.580. The molecule has 2 heterocycles. The van der Waals surface area contributed by atoms with Gasteiger partial charge < -0.3 is 19.7 Å². The summed E-state index contributed by atoms with van der Waals surface area (Å²) in [5.41, 5.74) is 0. The van der Waals surface area contributed by atoms with Gasteiger partial charge in [0.1, 0.15) is 0 Å². The Kier molecular flexibility index (Phi) is 11.4. The zero-order valence-corrected chi connectivity index (χ0v) is 15.1. The lowest BCUT2D eigenvalue weighted by Gasteiger charge is -2.40. The molecule has 22 heavy (non-hydrogen) atoms. The topological polar surface area (TPSA) is 54.0 Å². The average molecular weight is 358 g/mol. The molecule has 2 unspecified atom stereocenters. The van der Waals surface area contributed by atoms with Crippen molar-refractivity contribution in [3.8, 4) is 0 Å². The number of amides is 1. The van der Waals surface area contributed by atoms with Crippen molar-refractivity contribution in [1.29, 1.82) is 0 Å². The van der Waals surface area contributed by atoms with Gasteiger partial charge in [0.05, 0.1) is 19.8 Å². The van der Waals surface area contributed by atoms with Gasteiger partial charge in [-0.2, -0.15) is 0 Å². The number of nitrogens with one attached hydrogen (secondary N) is 1. The van der Waals surface area contributed by atoms with Crippen LogP contribution in [0.3, 0.4) is 0 Å². The lowest BCUT2D eigenvalue weighted by molar-refractivity contribution is -0.135. The second-order valence-electron chi connectivity index (χ2n) is 5.65. The minimum Gasteiger partial charge on any atom is -0.383 e. The van der Waals surface area contributed by atoms with E-state index in [9.17, 15) is 4.79 Å². The van der Waals surface area contributed by atoms with Gasteiger partial charge in [0.15, 0.2) is 0 Å². The molecule has 8 heteroatoms. The summed E-state index contributed by atoms with van der Waals surface area (Å²) in [7, 11) is 1.73. The van der Waals surface area contributed by atoms with E-state index in [1.807, 2.05) is 4.90 Å². The van der Waals surface area contributed by atoms with Crippen LogP contribution in [0.5, 0.6) is 0 Å². The van der Waals surface area contributed by atoms with Gasteiger partial charge in [0, 0.05) is 58.3 Å². The molecule has 0 aliphatic carbocycles. The number of nitrogens with zero attached hydrogens (tertiary/aromatic N) is 2. The van der Waals surface area contributed by atoms with Gasteiger partial charge in [-0.15, -0.1) is 24.8 Å². The monoisotopic (exact) mass is 357 g/mol. The van der Waals surface area contributed by atoms with Gasteiger partial charge in [0.25, 0.3) is 0 Å². The van der Waals surface area contributed by atoms with E-state index in [4.69, 9.17) is 9.47 Å². The molecule has 0 radical (unpaired) electrons. The quantitative estimate of drug-likeness (QED) is 0.771. The van der Waals surface area contributed by atoms with Gasteiger partial charge >= 0.3 is 0 Å². The van der Waals surface area contributed by atoms with Gasteiger partial charge in [-0.25, -0.2) is 0 Å². The highest BCUT2D eigenvalue weighted by molar-refractivity contribution is 5.85. The zero-order valence-electron chi connectivity index (χ0n) is 13.5. The smallest absolute Gasteiger partial charge is 0.224 e. The molecule has 2 atom stereocenters. The van der Waals surface area contributed by atoms with Gasteiger partial charge in [-0.3, -0.25) is 9.69 Å². The lowest BCUT2D eigenvalue weighted by atomic mass is 10.1. The van der Waals surface area contributed by atoms with Crippen molar-refractivity contribution in [2.24, 2.45) is 0 Å². The van der Waals surface area contributed by atoms with E-state index in [1.165, 1.54) is 0 Å². The molecule has 1 amide bonds. The van der Waals surface area contributed by atoms with Crippen LogP contribution in [0.15, 0.2) is 0 Å². The van der Waals surface area contributed by atoms with Crippen LogP contribution >= 0.6 is 24.8 Å². The Balaban J connectivity index is 0.00000220. The summed E-state index contributed by atoms with van der Waals surface area (Å²) in [5.74, 6) is 0.242. The molecule has 0 saturated carbocycles. The largest absolute Gasteiger partial charge is 0.383 e. The standard InChI is InChI=1S/C14H27N3O3.2ClH/c1-12-10-17(5-4-16(12)6-8-19-2)14(18)9-13-11-20-7-3-15-13;;/h12-13,15H,3-11H2,1-2H3;2*1H. The summed E-state index contributed by atoms with van der Waals surface area (Å²) < 4.78 is 10.5. The maximum atomic E-state index is 12.3. The lowest BCUT2D eigenvalue weighted by Crippen LogP contribution is -2.55. The molecule has 0 aromatic carbocycles. The average Bonchev–Trinajstić information content (AvgIpc) is 2.47.